The fourth-order valence-corrected chi connectivity index (χ4v) is 1.99. The molecule has 4 heteroatoms. The molecule has 2 heterocycles. The number of aryl methyl sites for hydroxylation is 1. The van der Waals surface area contributed by atoms with Gasteiger partial charge in [-0.05, 0) is 41.1 Å². The maximum Gasteiger partial charge on any atom is 0.135 e. The van der Waals surface area contributed by atoms with Gasteiger partial charge in [-0.15, -0.1) is 0 Å². The van der Waals surface area contributed by atoms with Crippen LogP contribution in [0.2, 0.25) is 0 Å². The summed E-state index contributed by atoms with van der Waals surface area (Å²) in [4.78, 5) is 13.3. The molecule has 0 aromatic carbocycles. The molecular weight excluding hydrogens is 290 g/mol. The molecule has 0 fully saturated rings. The molecule has 0 aliphatic heterocycles. The molecule has 0 radical (unpaired) electrons. The largest absolute Gasteiger partial charge is 0.262 e. The molecule has 0 saturated heterocycles. The third kappa shape index (κ3) is 2.93. The van der Waals surface area contributed by atoms with Crippen LogP contribution in [0.3, 0.4) is 0 Å². The summed E-state index contributed by atoms with van der Waals surface area (Å²) in [6, 6.07) is 5.93. The van der Waals surface area contributed by atoms with Crippen LogP contribution in [0.15, 0.2) is 29.0 Å². The van der Waals surface area contributed by atoms with Crippen molar-refractivity contribution >= 4 is 15.9 Å². The number of hydrogen-bond donors (Lipinski definition) is 0. The molecule has 0 amide bonds. The van der Waals surface area contributed by atoms with Gasteiger partial charge in [0.1, 0.15) is 10.4 Å². The summed E-state index contributed by atoms with van der Waals surface area (Å²) in [7, 11) is 0. The molecule has 2 rings (SSSR count). The molecule has 18 heavy (non-hydrogen) atoms. The van der Waals surface area contributed by atoms with E-state index < -0.39 is 0 Å². The molecule has 94 valence electrons. The zero-order chi connectivity index (χ0) is 13.3. The highest BCUT2D eigenvalue weighted by Gasteiger charge is 2.19. The molecule has 0 N–H and O–H groups in total. The molecule has 2 aromatic heterocycles. The number of halogens is 1. The van der Waals surface area contributed by atoms with Gasteiger partial charge < -0.3 is 0 Å². The predicted molar refractivity (Wildman–Crippen MR) is 76.4 cm³/mol. The highest BCUT2D eigenvalue weighted by molar-refractivity contribution is 9.10. The van der Waals surface area contributed by atoms with E-state index in [0.717, 1.165) is 27.4 Å². The van der Waals surface area contributed by atoms with Crippen molar-refractivity contribution < 1.29 is 0 Å². The Balaban J connectivity index is 2.55. The summed E-state index contributed by atoms with van der Waals surface area (Å²) < 4.78 is 0.812. The van der Waals surface area contributed by atoms with Crippen LogP contribution in [-0.4, -0.2) is 15.0 Å². The van der Waals surface area contributed by atoms with Gasteiger partial charge in [0, 0.05) is 22.9 Å². The summed E-state index contributed by atoms with van der Waals surface area (Å²) in [6.07, 6.45) is 1.80. The topological polar surface area (TPSA) is 38.7 Å². The van der Waals surface area contributed by atoms with Gasteiger partial charge in [-0.3, -0.25) is 4.98 Å². The summed E-state index contributed by atoms with van der Waals surface area (Å²) in [5, 5.41) is 0. The molecule has 0 spiro atoms. The van der Waals surface area contributed by atoms with E-state index in [2.05, 4.69) is 51.7 Å². The molecule has 2 aromatic rings. The van der Waals surface area contributed by atoms with Gasteiger partial charge in [0.15, 0.2) is 0 Å². The van der Waals surface area contributed by atoms with E-state index in [1.807, 2.05) is 25.1 Å². The molecule has 0 atom stereocenters. The first-order valence-corrected chi connectivity index (χ1v) is 6.63. The van der Waals surface area contributed by atoms with Crippen LogP contribution in [0, 0.1) is 6.92 Å². The number of aromatic nitrogens is 3. The van der Waals surface area contributed by atoms with Crippen LogP contribution in [0.4, 0.5) is 0 Å². The van der Waals surface area contributed by atoms with Gasteiger partial charge in [0.2, 0.25) is 0 Å². The minimum atomic E-state index is -0.0688. The van der Waals surface area contributed by atoms with Crippen LogP contribution < -0.4 is 0 Å². The van der Waals surface area contributed by atoms with Crippen LogP contribution in [0.25, 0.3) is 11.3 Å². The van der Waals surface area contributed by atoms with E-state index in [-0.39, 0.29) is 5.41 Å². The van der Waals surface area contributed by atoms with Crippen molar-refractivity contribution in [3.63, 3.8) is 0 Å². The molecule has 0 unspecified atom stereocenters. The van der Waals surface area contributed by atoms with Gasteiger partial charge in [-0.25, -0.2) is 9.97 Å². The Labute approximate surface area is 116 Å². The van der Waals surface area contributed by atoms with Crippen molar-refractivity contribution in [3.05, 3.63) is 40.5 Å². The second-order valence-electron chi connectivity index (χ2n) is 5.34. The average Bonchev–Trinajstić information content (AvgIpc) is 2.27. The number of nitrogens with zero attached hydrogens (tertiary/aromatic N) is 3. The zero-order valence-electron chi connectivity index (χ0n) is 11.0. The van der Waals surface area contributed by atoms with Gasteiger partial charge >= 0.3 is 0 Å². The van der Waals surface area contributed by atoms with Crippen LogP contribution >= 0.6 is 15.9 Å². The first kappa shape index (κ1) is 13.1. The predicted octanol–water partition coefficient (Wildman–Crippen LogP) is 3.91. The molecule has 3 nitrogen and oxygen atoms in total. The van der Waals surface area contributed by atoms with Crippen molar-refractivity contribution in [2.75, 3.05) is 0 Å². The lowest BCUT2D eigenvalue weighted by molar-refractivity contribution is 0.544. The molecule has 0 saturated carbocycles. The highest BCUT2D eigenvalue weighted by atomic mass is 79.9. The lowest BCUT2D eigenvalue weighted by Gasteiger charge is -2.17. The van der Waals surface area contributed by atoms with E-state index >= 15 is 0 Å². The lowest BCUT2D eigenvalue weighted by Crippen LogP contribution is -2.16. The Kier molecular flexibility index (Phi) is 3.48. The Hall–Kier alpha value is -1.29. The minimum Gasteiger partial charge on any atom is -0.262 e. The fourth-order valence-electron chi connectivity index (χ4n) is 1.61. The number of rotatable bonds is 1. The molecule has 0 aliphatic carbocycles. The molecular formula is C14H16BrN3. The van der Waals surface area contributed by atoms with E-state index in [1.54, 1.807) is 6.20 Å². The molecule has 0 aliphatic rings. The Morgan fingerprint density at radius 2 is 1.83 bits per heavy atom. The maximum atomic E-state index is 4.65. The van der Waals surface area contributed by atoms with Crippen molar-refractivity contribution in [1.82, 2.24) is 15.0 Å². The lowest BCUT2D eigenvalue weighted by atomic mass is 9.95. The smallest absolute Gasteiger partial charge is 0.135 e. The zero-order valence-corrected chi connectivity index (χ0v) is 12.6. The van der Waals surface area contributed by atoms with Crippen molar-refractivity contribution in [2.24, 2.45) is 0 Å². The van der Waals surface area contributed by atoms with Gasteiger partial charge in [-0.2, -0.15) is 0 Å². The molecule has 0 bridgehead atoms. The maximum absolute atomic E-state index is 4.65. The Bertz CT molecular complexity index is 573. The highest BCUT2D eigenvalue weighted by Crippen LogP contribution is 2.25. The van der Waals surface area contributed by atoms with Crippen molar-refractivity contribution in [1.29, 1.82) is 0 Å². The first-order valence-electron chi connectivity index (χ1n) is 5.84. The number of hydrogen-bond acceptors (Lipinski definition) is 3. The monoisotopic (exact) mass is 305 g/mol. The quantitative estimate of drug-likeness (QED) is 0.750. The van der Waals surface area contributed by atoms with E-state index in [1.165, 1.54) is 0 Å². The van der Waals surface area contributed by atoms with Crippen LogP contribution in [0.1, 0.15) is 32.3 Å². The minimum absolute atomic E-state index is 0.0688. The van der Waals surface area contributed by atoms with Gasteiger partial charge in [0.05, 0.1) is 5.69 Å². The number of pyridine rings is 1. The summed E-state index contributed by atoms with van der Waals surface area (Å²) in [5.74, 6) is 0.835. The van der Waals surface area contributed by atoms with Crippen molar-refractivity contribution in [3.8, 4) is 11.3 Å². The Morgan fingerprint density at radius 3 is 2.44 bits per heavy atom. The first-order chi connectivity index (χ1) is 8.36. The third-order valence-corrected chi connectivity index (χ3v) is 2.96. The van der Waals surface area contributed by atoms with E-state index in [4.69, 9.17) is 0 Å². The second-order valence-corrected chi connectivity index (χ2v) is 6.15. The third-order valence-electron chi connectivity index (χ3n) is 2.56. The SMILES string of the molecule is Cc1cc(-c2cc(Br)nc(C(C)(C)C)n2)ccn1. The van der Waals surface area contributed by atoms with E-state index in [9.17, 15) is 0 Å². The van der Waals surface area contributed by atoms with Crippen LogP contribution in [0.5, 0.6) is 0 Å². The van der Waals surface area contributed by atoms with E-state index in [0.29, 0.717) is 0 Å². The summed E-state index contributed by atoms with van der Waals surface area (Å²) in [5.41, 5.74) is 2.91. The van der Waals surface area contributed by atoms with Crippen LogP contribution in [-0.2, 0) is 5.41 Å². The normalized spacial score (nSPS) is 11.6. The average molecular weight is 306 g/mol. The van der Waals surface area contributed by atoms with Gasteiger partial charge in [0.25, 0.3) is 0 Å². The second kappa shape index (κ2) is 4.76. The van der Waals surface area contributed by atoms with Crippen molar-refractivity contribution in [2.45, 2.75) is 33.1 Å². The fraction of sp³-hybridized carbons (Fsp3) is 0.357. The van der Waals surface area contributed by atoms with Gasteiger partial charge in [-0.1, -0.05) is 20.8 Å². The summed E-state index contributed by atoms with van der Waals surface area (Å²) in [6.45, 7) is 8.30. The summed E-state index contributed by atoms with van der Waals surface area (Å²) >= 11 is 3.45. The Morgan fingerprint density at radius 1 is 1.11 bits per heavy atom. The standard InChI is InChI=1S/C14H16BrN3/c1-9-7-10(5-6-16-9)11-8-12(15)18-13(17-11)14(2,3)4/h5-8H,1-4H3.